The first-order valence-corrected chi connectivity index (χ1v) is 9.17. The minimum atomic E-state index is -0.594. The van der Waals surface area contributed by atoms with Crippen LogP contribution in [0.2, 0.25) is 0 Å². The molecule has 0 aliphatic carbocycles. The van der Waals surface area contributed by atoms with Crippen LogP contribution in [0.4, 0.5) is 15.1 Å². The number of esters is 1. The van der Waals surface area contributed by atoms with Crippen LogP contribution in [-0.4, -0.2) is 30.8 Å². The number of halogens is 1. The fraction of sp³-hybridized carbons (Fsp3) is 0.316. The van der Waals surface area contributed by atoms with Gasteiger partial charge in [0, 0.05) is 5.69 Å². The van der Waals surface area contributed by atoms with Crippen LogP contribution in [0.1, 0.15) is 45.0 Å². The van der Waals surface area contributed by atoms with Gasteiger partial charge in [0.1, 0.15) is 10.8 Å². The van der Waals surface area contributed by atoms with E-state index in [9.17, 15) is 18.8 Å². The van der Waals surface area contributed by atoms with Gasteiger partial charge in [-0.1, -0.05) is 6.07 Å². The topological polar surface area (TPSA) is 84.5 Å². The Hall–Kier alpha value is -2.74. The lowest BCUT2D eigenvalue weighted by Gasteiger charge is -2.10. The minimum absolute atomic E-state index is 0.126. The van der Waals surface area contributed by atoms with Gasteiger partial charge < -0.3 is 15.4 Å². The van der Waals surface area contributed by atoms with Gasteiger partial charge in [0.2, 0.25) is 5.91 Å². The predicted octanol–water partition coefficient (Wildman–Crippen LogP) is 3.93. The number of hydrogen-bond acceptors (Lipinski definition) is 6. The number of nitrogens with one attached hydrogen (secondary N) is 2. The van der Waals surface area contributed by atoms with Crippen LogP contribution in [0.25, 0.3) is 0 Å². The standard InChI is InChI=1S/C19H21FN2O4S/c1-5-26-19(25)16-11(3)17(12(4)23)27-18(16)22-15(24)9-21-14-8-13(20)7-6-10(14)2/h6-8,21H,5,9H2,1-4H3,(H,22,24). The molecule has 0 radical (unpaired) electrons. The molecule has 144 valence electrons. The Morgan fingerprint density at radius 2 is 1.93 bits per heavy atom. The lowest BCUT2D eigenvalue weighted by molar-refractivity contribution is -0.114. The molecule has 0 atom stereocenters. The fourth-order valence-electron chi connectivity index (χ4n) is 2.52. The molecule has 0 aliphatic heterocycles. The summed E-state index contributed by atoms with van der Waals surface area (Å²) in [6, 6.07) is 4.25. The molecule has 0 saturated heterocycles. The monoisotopic (exact) mass is 392 g/mol. The zero-order chi connectivity index (χ0) is 20.1. The summed E-state index contributed by atoms with van der Waals surface area (Å²) >= 11 is 1.03. The maximum Gasteiger partial charge on any atom is 0.341 e. The first-order valence-electron chi connectivity index (χ1n) is 8.35. The van der Waals surface area contributed by atoms with Gasteiger partial charge in [-0.2, -0.15) is 0 Å². The highest BCUT2D eigenvalue weighted by atomic mass is 32.1. The summed E-state index contributed by atoms with van der Waals surface area (Å²) in [6.45, 7) is 6.56. The van der Waals surface area contributed by atoms with E-state index in [1.165, 1.54) is 19.1 Å². The lowest BCUT2D eigenvalue weighted by atomic mass is 10.1. The summed E-state index contributed by atoms with van der Waals surface area (Å²) in [4.78, 5) is 36.7. The second-order valence-corrected chi connectivity index (χ2v) is 6.92. The van der Waals surface area contributed by atoms with Gasteiger partial charge in [0.15, 0.2) is 5.78 Å². The van der Waals surface area contributed by atoms with Crippen molar-refractivity contribution < 1.29 is 23.5 Å². The third kappa shape index (κ3) is 4.91. The van der Waals surface area contributed by atoms with E-state index in [1.54, 1.807) is 26.8 Å². The van der Waals surface area contributed by atoms with Crippen LogP contribution in [0.5, 0.6) is 0 Å². The van der Waals surface area contributed by atoms with E-state index in [0.717, 1.165) is 16.9 Å². The van der Waals surface area contributed by atoms with E-state index in [1.807, 2.05) is 0 Å². The van der Waals surface area contributed by atoms with Crippen molar-refractivity contribution in [3.05, 3.63) is 45.6 Å². The Balaban J connectivity index is 2.19. The van der Waals surface area contributed by atoms with Crippen LogP contribution in [-0.2, 0) is 9.53 Å². The van der Waals surface area contributed by atoms with E-state index in [-0.39, 0.29) is 29.5 Å². The summed E-state index contributed by atoms with van der Waals surface area (Å²) in [5.41, 5.74) is 1.96. The molecule has 0 unspecified atom stereocenters. The molecule has 1 heterocycles. The Morgan fingerprint density at radius 3 is 2.56 bits per heavy atom. The molecule has 2 rings (SSSR count). The number of thiophene rings is 1. The second-order valence-electron chi connectivity index (χ2n) is 5.90. The van der Waals surface area contributed by atoms with E-state index in [4.69, 9.17) is 4.74 Å². The molecule has 1 aromatic carbocycles. The number of carbonyl (C=O) groups excluding carboxylic acids is 3. The molecule has 0 saturated carbocycles. The number of anilines is 2. The predicted molar refractivity (Wildman–Crippen MR) is 103 cm³/mol. The van der Waals surface area contributed by atoms with Gasteiger partial charge >= 0.3 is 5.97 Å². The number of ketones is 1. The molecule has 6 nitrogen and oxygen atoms in total. The van der Waals surface area contributed by atoms with E-state index < -0.39 is 17.7 Å². The van der Waals surface area contributed by atoms with Crippen LogP contribution < -0.4 is 10.6 Å². The SMILES string of the molecule is CCOC(=O)c1c(NC(=O)CNc2cc(F)ccc2C)sc(C(C)=O)c1C. The summed E-state index contributed by atoms with van der Waals surface area (Å²) in [6.07, 6.45) is 0. The van der Waals surface area contributed by atoms with Crippen molar-refractivity contribution in [2.24, 2.45) is 0 Å². The Bertz CT molecular complexity index is 892. The molecule has 0 bridgehead atoms. The average Bonchev–Trinajstić information content (AvgIpc) is 2.92. The van der Waals surface area contributed by atoms with Gasteiger partial charge in [-0.25, -0.2) is 9.18 Å². The molecular formula is C19H21FN2O4S. The summed E-state index contributed by atoms with van der Waals surface area (Å²) in [7, 11) is 0. The van der Waals surface area contributed by atoms with Crippen LogP contribution in [0.3, 0.4) is 0 Å². The number of aryl methyl sites for hydroxylation is 1. The van der Waals surface area contributed by atoms with Crippen LogP contribution >= 0.6 is 11.3 Å². The molecule has 1 aromatic heterocycles. The zero-order valence-electron chi connectivity index (χ0n) is 15.6. The number of amides is 1. The third-order valence-electron chi connectivity index (χ3n) is 3.84. The number of ether oxygens (including phenoxy) is 1. The zero-order valence-corrected chi connectivity index (χ0v) is 16.4. The van der Waals surface area contributed by atoms with E-state index in [2.05, 4.69) is 10.6 Å². The average molecular weight is 392 g/mol. The maximum atomic E-state index is 13.3. The maximum absolute atomic E-state index is 13.3. The highest BCUT2D eigenvalue weighted by Gasteiger charge is 2.25. The highest BCUT2D eigenvalue weighted by Crippen LogP contribution is 2.34. The highest BCUT2D eigenvalue weighted by molar-refractivity contribution is 7.18. The number of benzene rings is 1. The van der Waals surface area contributed by atoms with Crippen molar-refractivity contribution in [3.63, 3.8) is 0 Å². The molecule has 2 aromatic rings. The summed E-state index contributed by atoms with van der Waals surface area (Å²) in [5.74, 6) is -1.63. The molecular weight excluding hydrogens is 371 g/mol. The van der Waals surface area contributed by atoms with Gasteiger partial charge in [-0.3, -0.25) is 9.59 Å². The van der Waals surface area contributed by atoms with Gasteiger partial charge in [0.25, 0.3) is 0 Å². The third-order valence-corrected chi connectivity index (χ3v) is 5.15. The molecule has 0 spiro atoms. The first-order chi connectivity index (χ1) is 12.7. The Morgan fingerprint density at radius 1 is 1.22 bits per heavy atom. The molecule has 8 heteroatoms. The van der Waals surface area contributed by atoms with Crippen molar-refractivity contribution in [3.8, 4) is 0 Å². The lowest BCUT2D eigenvalue weighted by Crippen LogP contribution is -2.23. The number of carbonyl (C=O) groups is 3. The van der Waals surface area contributed by atoms with Crippen LogP contribution in [0, 0.1) is 19.7 Å². The molecule has 27 heavy (non-hydrogen) atoms. The quantitative estimate of drug-likeness (QED) is 0.551. The van der Waals surface area contributed by atoms with Gasteiger partial charge in [-0.15, -0.1) is 11.3 Å². The van der Waals surface area contributed by atoms with Crippen molar-refractivity contribution in [2.75, 3.05) is 23.8 Å². The van der Waals surface area contributed by atoms with Crippen molar-refractivity contribution >= 4 is 39.7 Å². The largest absolute Gasteiger partial charge is 0.462 e. The first kappa shape index (κ1) is 20.6. The van der Waals surface area contributed by atoms with Gasteiger partial charge in [-0.05, 0) is 51.0 Å². The molecule has 1 amide bonds. The van der Waals surface area contributed by atoms with Gasteiger partial charge in [0.05, 0.1) is 23.6 Å². The second kappa shape index (κ2) is 8.77. The fourth-order valence-corrected chi connectivity index (χ4v) is 3.62. The Labute approximate surface area is 160 Å². The van der Waals surface area contributed by atoms with Crippen LogP contribution in [0.15, 0.2) is 18.2 Å². The Kier molecular flexibility index (Phi) is 6.68. The molecule has 2 N–H and O–H groups in total. The minimum Gasteiger partial charge on any atom is -0.462 e. The molecule has 0 fully saturated rings. The number of hydrogen-bond donors (Lipinski definition) is 2. The normalized spacial score (nSPS) is 10.4. The summed E-state index contributed by atoms with van der Waals surface area (Å²) < 4.78 is 18.4. The molecule has 0 aliphatic rings. The van der Waals surface area contributed by atoms with E-state index in [0.29, 0.717) is 16.1 Å². The van der Waals surface area contributed by atoms with Crippen molar-refractivity contribution in [2.45, 2.75) is 27.7 Å². The van der Waals surface area contributed by atoms with E-state index >= 15 is 0 Å². The smallest absolute Gasteiger partial charge is 0.341 e. The number of rotatable bonds is 7. The summed E-state index contributed by atoms with van der Waals surface area (Å²) in [5, 5.41) is 5.76. The number of Topliss-reactive ketones (excluding diaryl/α,β-unsaturated/α-hetero) is 1. The van der Waals surface area contributed by atoms with Crippen molar-refractivity contribution in [1.29, 1.82) is 0 Å². The van der Waals surface area contributed by atoms with Crippen molar-refractivity contribution in [1.82, 2.24) is 0 Å².